The molecular formula is C14H25N5O2S. The highest BCUT2D eigenvalue weighted by atomic mass is 32.2. The Labute approximate surface area is 132 Å². The molecule has 1 fully saturated rings. The third-order valence-electron chi connectivity index (χ3n) is 3.96. The molecule has 7 nitrogen and oxygen atoms in total. The molecule has 8 heteroatoms. The fourth-order valence-corrected chi connectivity index (χ4v) is 3.50. The number of rotatable bonds is 7. The first-order valence-electron chi connectivity index (χ1n) is 7.62. The second-order valence-electron chi connectivity index (χ2n) is 5.99. The van der Waals surface area contributed by atoms with E-state index in [-0.39, 0.29) is 17.7 Å². The number of sulfone groups is 1. The van der Waals surface area contributed by atoms with Crippen molar-refractivity contribution in [1.29, 1.82) is 0 Å². The molecule has 0 radical (unpaired) electrons. The van der Waals surface area contributed by atoms with Crippen molar-refractivity contribution in [2.75, 3.05) is 42.7 Å². The largest absolute Gasteiger partial charge is 0.368 e. The number of likely N-dealkylation sites (tertiary alicyclic amines) is 1. The molecule has 2 heterocycles. The van der Waals surface area contributed by atoms with E-state index in [1.54, 1.807) is 12.3 Å². The van der Waals surface area contributed by atoms with Crippen LogP contribution in [0.15, 0.2) is 12.3 Å². The first-order valence-corrected chi connectivity index (χ1v) is 9.68. The fourth-order valence-electron chi connectivity index (χ4n) is 2.91. The summed E-state index contributed by atoms with van der Waals surface area (Å²) in [5.74, 6) is 1.67. The summed E-state index contributed by atoms with van der Waals surface area (Å²) in [7, 11) is -2.92. The van der Waals surface area contributed by atoms with Crippen molar-refractivity contribution in [2.45, 2.75) is 25.8 Å². The van der Waals surface area contributed by atoms with E-state index in [2.05, 4.69) is 27.1 Å². The molecule has 0 unspecified atom stereocenters. The minimum atomic E-state index is -2.92. The summed E-state index contributed by atoms with van der Waals surface area (Å²) >= 11 is 0. The number of anilines is 2. The van der Waals surface area contributed by atoms with Crippen molar-refractivity contribution in [3.63, 3.8) is 0 Å². The molecule has 3 N–H and O–H groups in total. The van der Waals surface area contributed by atoms with Gasteiger partial charge in [0, 0.05) is 38.1 Å². The normalized spacial score (nSPS) is 22.8. The third-order valence-corrected chi connectivity index (χ3v) is 4.89. The molecule has 0 amide bonds. The number of nitrogens with one attached hydrogen (secondary N) is 1. The molecule has 1 aromatic rings. The van der Waals surface area contributed by atoms with Crippen molar-refractivity contribution >= 4 is 21.6 Å². The molecule has 0 saturated carbocycles. The van der Waals surface area contributed by atoms with E-state index in [0.29, 0.717) is 12.5 Å². The molecule has 0 bridgehead atoms. The van der Waals surface area contributed by atoms with Crippen LogP contribution in [0.4, 0.5) is 11.8 Å². The number of hydrogen-bond acceptors (Lipinski definition) is 7. The van der Waals surface area contributed by atoms with Crippen LogP contribution < -0.4 is 11.1 Å². The molecule has 0 aliphatic carbocycles. The van der Waals surface area contributed by atoms with Gasteiger partial charge in [-0.25, -0.2) is 13.4 Å². The monoisotopic (exact) mass is 327 g/mol. The molecule has 2 atom stereocenters. The summed E-state index contributed by atoms with van der Waals surface area (Å²) in [4.78, 5) is 10.3. The molecule has 1 aliphatic rings. The Bertz CT molecular complexity index is 593. The van der Waals surface area contributed by atoms with Gasteiger partial charge in [-0.1, -0.05) is 13.3 Å². The van der Waals surface area contributed by atoms with Crippen LogP contribution in [0.5, 0.6) is 0 Å². The smallest absolute Gasteiger partial charge is 0.221 e. The average molecular weight is 327 g/mol. The Kier molecular flexibility index (Phi) is 5.57. The van der Waals surface area contributed by atoms with Gasteiger partial charge in [0.2, 0.25) is 5.95 Å². The molecular weight excluding hydrogens is 302 g/mol. The van der Waals surface area contributed by atoms with Crippen LogP contribution in [0.25, 0.3) is 0 Å². The molecule has 2 rings (SSSR count). The zero-order valence-corrected chi connectivity index (χ0v) is 14.0. The van der Waals surface area contributed by atoms with E-state index in [1.165, 1.54) is 6.26 Å². The molecule has 124 valence electrons. The minimum absolute atomic E-state index is 0.207. The lowest BCUT2D eigenvalue weighted by molar-refractivity contribution is 0.338. The van der Waals surface area contributed by atoms with Crippen LogP contribution in [0.2, 0.25) is 0 Å². The van der Waals surface area contributed by atoms with Gasteiger partial charge in [0.05, 0.1) is 5.75 Å². The van der Waals surface area contributed by atoms with Gasteiger partial charge in [-0.3, -0.25) is 4.90 Å². The molecule has 0 spiro atoms. The zero-order valence-electron chi connectivity index (χ0n) is 13.2. The Hall–Kier alpha value is -1.41. The fraction of sp³-hybridized carbons (Fsp3) is 0.714. The third kappa shape index (κ3) is 5.10. The minimum Gasteiger partial charge on any atom is -0.368 e. The maximum Gasteiger partial charge on any atom is 0.221 e. The summed E-state index contributed by atoms with van der Waals surface area (Å²) in [5, 5.41) is 3.42. The SMILES string of the molecule is CCC[C@H]1CN(CCS(C)(=O)=O)C[C@@H]1Nc1ccnc(N)n1. The first kappa shape index (κ1) is 17.0. The Morgan fingerprint density at radius 3 is 2.86 bits per heavy atom. The van der Waals surface area contributed by atoms with Crippen LogP contribution in [-0.4, -0.2) is 61.0 Å². The number of nitrogen functional groups attached to an aromatic ring is 1. The maximum atomic E-state index is 11.3. The second kappa shape index (κ2) is 7.23. The number of nitrogens with zero attached hydrogens (tertiary/aromatic N) is 3. The lowest BCUT2D eigenvalue weighted by atomic mass is 9.98. The molecule has 22 heavy (non-hydrogen) atoms. The summed E-state index contributed by atoms with van der Waals surface area (Å²) in [6.07, 6.45) is 5.13. The highest BCUT2D eigenvalue weighted by molar-refractivity contribution is 7.90. The molecule has 1 saturated heterocycles. The van der Waals surface area contributed by atoms with E-state index >= 15 is 0 Å². The Morgan fingerprint density at radius 2 is 2.23 bits per heavy atom. The number of hydrogen-bond donors (Lipinski definition) is 2. The molecule has 0 aromatic carbocycles. The lowest BCUT2D eigenvalue weighted by Gasteiger charge is -2.19. The summed E-state index contributed by atoms with van der Waals surface area (Å²) in [6, 6.07) is 2.06. The van der Waals surface area contributed by atoms with Gasteiger partial charge in [0.1, 0.15) is 15.7 Å². The van der Waals surface area contributed by atoms with Crippen molar-refractivity contribution in [3.05, 3.63) is 12.3 Å². The van der Waals surface area contributed by atoms with Gasteiger partial charge < -0.3 is 11.1 Å². The van der Waals surface area contributed by atoms with Crippen LogP contribution in [0.3, 0.4) is 0 Å². The maximum absolute atomic E-state index is 11.3. The first-order chi connectivity index (χ1) is 10.4. The number of nitrogens with two attached hydrogens (primary N) is 1. The second-order valence-corrected chi connectivity index (χ2v) is 8.25. The predicted octanol–water partition coefficient (Wildman–Crippen LogP) is 0.616. The average Bonchev–Trinajstić information content (AvgIpc) is 2.79. The highest BCUT2D eigenvalue weighted by Gasteiger charge is 2.32. The molecule has 1 aromatic heterocycles. The standard InChI is InChI=1S/C14H25N5O2S/c1-3-4-11-9-19(7-8-22(2,20)21)10-12(11)17-13-5-6-16-14(15)18-13/h5-6,11-12H,3-4,7-10H2,1-2H3,(H3,15,16,17,18)/t11-,12-/m0/s1. The van der Waals surface area contributed by atoms with Crippen molar-refractivity contribution in [3.8, 4) is 0 Å². The topological polar surface area (TPSA) is 101 Å². The zero-order chi connectivity index (χ0) is 16.2. The van der Waals surface area contributed by atoms with Gasteiger partial charge in [-0.05, 0) is 18.4 Å². The predicted molar refractivity (Wildman–Crippen MR) is 88.4 cm³/mol. The van der Waals surface area contributed by atoms with Crippen molar-refractivity contribution < 1.29 is 8.42 Å². The van der Waals surface area contributed by atoms with Gasteiger partial charge in [-0.15, -0.1) is 0 Å². The van der Waals surface area contributed by atoms with Crippen LogP contribution in [0, 0.1) is 5.92 Å². The van der Waals surface area contributed by atoms with E-state index in [4.69, 9.17) is 5.73 Å². The van der Waals surface area contributed by atoms with E-state index in [9.17, 15) is 8.42 Å². The van der Waals surface area contributed by atoms with E-state index < -0.39 is 9.84 Å². The Balaban J connectivity index is 1.98. The highest BCUT2D eigenvalue weighted by Crippen LogP contribution is 2.24. The summed E-state index contributed by atoms with van der Waals surface area (Å²) in [5.41, 5.74) is 5.61. The molecule has 1 aliphatic heterocycles. The quantitative estimate of drug-likeness (QED) is 0.757. The summed E-state index contributed by atoms with van der Waals surface area (Å²) in [6.45, 7) is 4.49. The van der Waals surface area contributed by atoms with E-state index in [0.717, 1.165) is 31.7 Å². The van der Waals surface area contributed by atoms with Crippen molar-refractivity contribution in [1.82, 2.24) is 14.9 Å². The van der Waals surface area contributed by atoms with Crippen LogP contribution >= 0.6 is 0 Å². The van der Waals surface area contributed by atoms with E-state index in [1.807, 2.05) is 0 Å². The number of aromatic nitrogens is 2. The summed E-state index contributed by atoms with van der Waals surface area (Å²) < 4.78 is 22.7. The van der Waals surface area contributed by atoms with Crippen LogP contribution in [-0.2, 0) is 9.84 Å². The lowest BCUT2D eigenvalue weighted by Crippen LogP contribution is -2.31. The van der Waals surface area contributed by atoms with Gasteiger partial charge in [-0.2, -0.15) is 4.98 Å². The van der Waals surface area contributed by atoms with Crippen LogP contribution in [0.1, 0.15) is 19.8 Å². The van der Waals surface area contributed by atoms with Gasteiger partial charge in [0.15, 0.2) is 0 Å². The Morgan fingerprint density at radius 1 is 1.45 bits per heavy atom. The van der Waals surface area contributed by atoms with Gasteiger partial charge in [0.25, 0.3) is 0 Å². The van der Waals surface area contributed by atoms with Gasteiger partial charge >= 0.3 is 0 Å². The van der Waals surface area contributed by atoms with Crippen molar-refractivity contribution in [2.24, 2.45) is 5.92 Å².